The van der Waals surface area contributed by atoms with E-state index in [9.17, 15) is 0 Å². The minimum Gasteiger partial charge on any atom is -0.381 e. The van der Waals surface area contributed by atoms with Crippen molar-refractivity contribution in [3.05, 3.63) is 36.0 Å². The highest BCUT2D eigenvalue weighted by molar-refractivity contribution is 5.85. The van der Waals surface area contributed by atoms with Crippen LogP contribution in [0.1, 0.15) is 31.0 Å². The van der Waals surface area contributed by atoms with Crippen LogP contribution in [0.2, 0.25) is 0 Å². The maximum atomic E-state index is 5.53. The Morgan fingerprint density at radius 1 is 1.00 bits per heavy atom. The molecule has 1 aromatic carbocycles. The van der Waals surface area contributed by atoms with E-state index in [2.05, 4.69) is 50.2 Å². The molecule has 0 unspecified atom stereocenters. The van der Waals surface area contributed by atoms with Crippen molar-refractivity contribution in [2.24, 2.45) is 5.92 Å². The quantitative estimate of drug-likeness (QED) is 0.825. The Morgan fingerprint density at radius 3 is 2.60 bits per heavy atom. The Bertz CT molecular complexity index is 713. The molecule has 3 aliphatic rings. The fourth-order valence-corrected chi connectivity index (χ4v) is 4.75. The first-order valence-electron chi connectivity index (χ1n) is 9.21. The number of ether oxygens (including phenoxy) is 1. The fourth-order valence-electron chi connectivity index (χ4n) is 4.75. The lowest BCUT2D eigenvalue weighted by Gasteiger charge is -2.31. The molecule has 2 fully saturated rings. The molecule has 5 rings (SSSR count). The Morgan fingerprint density at radius 2 is 1.80 bits per heavy atom. The van der Waals surface area contributed by atoms with Crippen molar-refractivity contribution in [3.8, 4) is 11.3 Å². The second kappa shape index (κ2) is 7.06. The molecule has 0 aliphatic carbocycles. The molecule has 0 N–H and O–H groups in total. The lowest BCUT2D eigenvalue weighted by atomic mass is 9.91. The number of rotatable bonds is 2. The van der Waals surface area contributed by atoms with Gasteiger partial charge in [-0.3, -0.25) is 4.90 Å². The summed E-state index contributed by atoms with van der Waals surface area (Å²) in [5, 5.41) is 9.11. The summed E-state index contributed by atoms with van der Waals surface area (Å²) in [6, 6.07) is 11.7. The average molecular weight is 361 g/mol. The van der Waals surface area contributed by atoms with Crippen LogP contribution in [0, 0.1) is 5.92 Å². The largest absolute Gasteiger partial charge is 0.381 e. The molecule has 0 amide bonds. The van der Waals surface area contributed by atoms with E-state index in [4.69, 9.17) is 4.74 Å². The highest BCUT2D eigenvalue weighted by Crippen LogP contribution is 2.40. The number of fused-ring (bicyclic) bond motifs is 3. The molecule has 3 aliphatic heterocycles. The molecule has 6 heteroatoms. The third-order valence-electron chi connectivity index (χ3n) is 6.05. The third-order valence-corrected chi connectivity index (χ3v) is 6.05. The smallest absolute Gasteiger partial charge is 0.116 e. The minimum absolute atomic E-state index is 0. The van der Waals surface area contributed by atoms with Gasteiger partial charge in [-0.25, -0.2) is 4.68 Å². The van der Waals surface area contributed by atoms with Crippen molar-refractivity contribution >= 4 is 12.4 Å². The Labute approximate surface area is 154 Å². The molecule has 134 valence electrons. The van der Waals surface area contributed by atoms with Gasteiger partial charge >= 0.3 is 0 Å². The van der Waals surface area contributed by atoms with Crippen molar-refractivity contribution in [1.82, 2.24) is 19.9 Å². The van der Waals surface area contributed by atoms with Crippen LogP contribution in [-0.4, -0.2) is 52.2 Å². The summed E-state index contributed by atoms with van der Waals surface area (Å²) in [6.45, 7) is 4.18. The van der Waals surface area contributed by atoms with E-state index >= 15 is 0 Å². The van der Waals surface area contributed by atoms with Crippen molar-refractivity contribution in [3.63, 3.8) is 0 Å². The molecule has 2 saturated heterocycles. The molecule has 5 nitrogen and oxygen atoms in total. The van der Waals surface area contributed by atoms with Crippen LogP contribution in [0.3, 0.4) is 0 Å². The Balaban J connectivity index is 0.00000157. The Hall–Kier alpha value is -1.43. The number of benzene rings is 1. The van der Waals surface area contributed by atoms with Gasteiger partial charge in [0.2, 0.25) is 0 Å². The molecule has 0 bridgehead atoms. The molecule has 0 saturated carbocycles. The van der Waals surface area contributed by atoms with Crippen LogP contribution >= 0.6 is 12.4 Å². The summed E-state index contributed by atoms with van der Waals surface area (Å²) in [7, 11) is 0. The van der Waals surface area contributed by atoms with Crippen LogP contribution in [0.15, 0.2) is 30.3 Å². The zero-order chi connectivity index (χ0) is 15.9. The molecule has 0 radical (unpaired) electrons. The van der Waals surface area contributed by atoms with E-state index in [-0.39, 0.29) is 12.4 Å². The maximum Gasteiger partial charge on any atom is 0.116 e. The maximum absolute atomic E-state index is 5.53. The predicted octanol–water partition coefficient (Wildman–Crippen LogP) is 2.97. The van der Waals surface area contributed by atoms with E-state index in [1.807, 2.05) is 0 Å². The molecule has 0 spiro atoms. The van der Waals surface area contributed by atoms with E-state index < -0.39 is 0 Å². The van der Waals surface area contributed by atoms with Crippen LogP contribution in [0.5, 0.6) is 0 Å². The lowest BCUT2D eigenvalue weighted by Crippen LogP contribution is -2.38. The van der Waals surface area contributed by atoms with E-state index in [0.29, 0.717) is 12.1 Å². The van der Waals surface area contributed by atoms with E-state index in [1.54, 1.807) is 0 Å². The number of likely N-dealkylation sites (tertiary alicyclic amines) is 1. The number of hydrogen-bond donors (Lipinski definition) is 0. The van der Waals surface area contributed by atoms with Crippen LogP contribution < -0.4 is 0 Å². The van der Waals surface area contributed by atoms with Gasteiger partial charge in [-0.15, -0.1) is 17.5 Å². The highest BCUT2D eigenvalue weighted by Gasteiger charge is 2.41. The van der Waals surface area contributed by atoms with E-state index in [1.165, 1.54) is 37.1 Å². The number of nitrogens with zero attached hydrogens (tertiary/aromatic N) is 4. The molecule has 2 aromatic rings. The SMILES string of the molecule is Cl.c1ccc(-c2nnn3c2CC[C@@H]2CN(C4CCOCC4)C[C@H]23)cc1. The molecular formula is C19H25ClN4O. The highest BCUT2D eigenvalue weighted by atomic mass is 35.5. The van der Waals surface area contributed by atoms with Gasteiger partial charge in [0.15, 0.2) is 0 Å². The van der Waals surface area contributed by atoms with Crippen molar-refractivity contribution in [2.75, 3.05) is 26.3 Å². The van der Waals surface area contributed by atoms with Crippen molar-refractivity contribution in [2.45, 2.75) is 37.8 Å². The first-order valence-corrected chi connectivity index (χ1v) is 9.21. The molecule has 1 aromatic heterocycles. The van der Waals surface area contributed by atoms with Gasteiger partial charge in [-0.05, 0) is 31.6 Å². The standard InChI is InChI=1S/C19H24N4O.ClH/c1-2-4-14(5-3-1)19-17-7-6-15-12-22(16-8-10-24-11-9-16)13-18(15)23(17)21-20-19;/h1-5,15-16,18H,6-13H2;1H/t15-,18-;/m1./s1. The van der Waals surface area contributed by atoms with Gasteiger partial charge in [0.1, 0.15) is 5.69 Å². The normalized spacial score (nSPS) is 26.7. The van der Waals surface area contributed by atoms with Gasteiger partial charge in [0.25, 0.3) is 0 Å². The van der Waals surface area contributed by atoms with E-state index in [0.717, 1.165) is 37.8 Å². The summed E-state index contributed by atoms with van der Waals surface area (Å²) in [6.07, 6.45) is 4.72. The topological polar surface area (TPSA) is 43.2 Å². The number of hydrogen-bond acceptors (Lipinski definition) is 4. The summed E-state index contributed by atoms with van der Waals surface area (Å²) in [5.74, 6) is 0.727. The monoisotopic (exact) mass is 360 g/mol. The van der Waals surface area contributed by atoms with Crippen LogP contribution in [0.25, 0.3) is 11.3 Å². The second-order valence-electron chi connectivity index (χ2n) is 7.36. The summed E-state index contributed by atoms with van der Waals surface area (Å²) in [5.41, 5.74) is 3.60. The number of halogens is 1. The molecule has 25 heavy (non-hydrogen) atoms. The summed E-state index contributed by atoms with van der Waals surface area (Å²) in [4.78, 5) is 2.69. The molecule has 4 heterocycles. The second-order valence-corrected chi connectivity index (χ2v) is 7.36. The summed E-state index contributed by atoms with van der Waals surface area (Å²) >= 11 is 0. The molecule has 2 atom stereocenters. The van der Waals surface area contributed by atoms with Crippen LogP contribution in [0.4, 0.5) is 0 Å². The third kappa shape index (κ3) is 2.98. The Kier molecular flexibility index (Phi) is 4.80. The minimum atomic E-state index is 0. The lowest BCUT2D eigenvalue weighted by molar-refractivity contribution is 0.0404. The van der Waals surface area contributed by atoms with Crippen LogP contribution in [-0.2, 0) is 11.2 Å². The molecular weight excluding hydrogens is 336 g/mol. The van der Waals surface area contributed by atoms with Gasteiger partial charge < -0.3 is 4.74 Å². The van der Waals surface area contributed by atoms with Gasteiger partial charge in [0.05, 0.1) is 11.7 Å². The number of aromatic nitrogens is 3. The summed E-state index contributed by atoms with van der Waals surface area (Å²) < 4.78 is 7.78. The van der Waals surface area contributed by atoms with Gasteiger partial charge in [-0.2, -0.15) is 0 Å². The van der Waals surface area contributed by atoms with Gasteiger partial charge in [0, 0.05) is 37.9 Å². The first-order chi connectivity index (χ1) is 11.9. The predicted molar refractivity (Wildman–Crippen MR) is 99.0 cm³/mol. The zero-order valence-electron chi connectivity index (χ0n) is 14.4. The van der Waals surface area contributed by atoms with Gasteiger partial charge in [-0.1, -0.05) is 35.5 Å². The average Bonchev–Trinajstić information content (AvgIpc) is 3.27. The first kappa shape index (κ1) is 17.0. The fraction of sp³-hybridized carbons (Fsp3) is 0.579. The van der Waals surface area contributed by atoms with Crippen molar-refractivity contribution in [1.29, 1.82) is 0 Å². The zero-order valence-corrected chi connectivity index (χ0v) is 15.2. The van der Waals surface area contributed by atoms with Crippen molar-refractivity contribution < 1.29 is 4.74 Å².